The summed E-state index contributed by atoms with van der Waals surface area (Å²) in [5.74, 6) is 1.77. The second-order valence-electron chi connectivity index (χ2n) is 5.62. The first-order valence-electron chi connectivity index (χ1n) is 7.45. The zero-order chi connectivity index (χ0) is 14.9. The highest BCUT2D eigenvalue weighted by atomic mass is 32.1. The molecule has 0 unspecified atom stereocenters. The van der Waals surface area contributed by atoms with Crippen LogP contribution in [0.25, 0.3) is 5.78 Å². The van der Waals surface area contributed by atoms with Gasteiger partial charge in [0.2, 0.25) is 0 Å². The molecule has 6 nitrogen and oxygen atoms in total. The molecule has 0 radical (unpaired) electrons. The van der Waals surface area contributed by atoms with Crippen LogP contribution in [0.1, 0.15) is 11.3 Å². The smallest absolute Gasteiger partial charge is 0.254 e. The van der Waals surface area contributed by atoms with Gasteiger partial charge in [0.05, 0.1) is 0 Å². The van der Waals surface area contributed by atoms with Crippen LogP contribution in [0, 0.1) is 6.92 Å². The standard InChI is InChI=1S/C15H18N6S/c1-12-8-14(21-15(18-12)16-11-17-21)20-5-3-19(4-6-20)9-13-2-7-22-10-13/h2,7-8,10-11H,3-6,9H2,1H3. The molecular formula is C15H18N6S. The van der Waals surface area contributed by atoms with E-state index in [1.165, 1.54) is 5.56 Å². The van der Waals surface area contributed by atoms with Crippen molar-refractivity contribution < 1.29 is 0 Å². The highest BCUT2D eigenvalue weighted by Gasteiger charge is 2.20. The Morgan fingerprint density at radius 2 is 2.09 bits per heavy atom. The molecule has 0 N–H and O–H groups in total. The molecule has 1 aliphatic heterocycles. The number of nitrogens with zero attached hydrogens (tertiary/aromatic N) is 6. The molecule has 7 heteroatoms. The lowest BCUT2D eigenvalue weighted by molar-refractivity contribution is 0.249. The van der Waals surface area contributed by atoms with Crippen LogP contribution in [0.2, 0.25) is 0 Å². The fourth-order valence-electron chi connectivity index (χ4n) is 2.91. The van der Waals surface area contributed by atoms with Crippen LogP contribution in [-0.4, -0.2) is 50.7 Å². The van der Waals surface area contributed by atoms with E-state index in [2.05, 4.69) is 47.8 Å². The van der Waals surface area contributed by atoms with Crippen LogP contribution in [0.15, 0.2) is 29.2 Å². The average molecular weight is 314 g/mol. The Bertz CT molecular complexity index is 758. The molecule has 0 spiro atoms. The Balaban J connectivity index is 1.49. The van der Waals surface area contributed by atoms with E-state index in [-0.39, 0.29) is 0 Å². The average Bonchev–Trinajstić information content (AvgIpc) is 3.18. The number of rotatable bonds is 3. The summed E-state index contributed by atoms with van der Waals surface area (Å²) in [4.78, 5) is 13.5. The molecule has 22 heavy (non-hydrogen) atoms. The number of thiophene rings is 1. The van der Waals surface area contributed by atoms with Gasteiger partial charge in [-0.15, -0.1) is 0 Å². The van der Waals surface area contributed by atoms with Gasteiger partial charge in [-0.2, -0.15) is 25.9 Å². The van der Waals surface area contributed by atoms with Crippen molar-refractivity contribution in [3.63, 3.8) is 0 Å². The highest BCUT2D eigenvalue weighted by molar-refractivity contribution is 7.07. The van der Waals surface area contributed by atoms with Crippen molar-refractivity contribution in [3.05, 3.63) is 40.5 Å². The fraction of sp³-hybridized carbons (Fsp3) is 0.400. The van der Waals surface area contributed by atoms with Gasteiger partial charge in [0.25, 0.3) is 5.78 Å². The largest absolute Gasteiger partial charge is 0.354 e. The lowest BCUT2D eigenvalue weighted by Crippen LogP contribution is -2.46. The molecule has 3 aromatic rings. The van der Waals surface area contributed by atoms with Crippen molar-refractivity contribution in [1.29, 1.82) is 0 Å². The monoisotopic (exact) mass is 314 g/mol. The number of hydrogen-bond donors (Lipinski definition) is 0. The lowest BCUT2D eigenvalue weighted by Gasteiger charge is -2.35. The van der Waals surface area contributed by atoms with E-state index >= 15 is 0 Å². The summed E-state index contributed by atoms with van der Waals surface area (Å²) in [7, 11) is 0. The van der Waals surface area contributed by atoms with Gasteiger partial charge in [0.15, 0.2) is 0 Å². The first-order chi connectivity index (χ1) is 10.8. The van der Waals surface area contributed by atoms with Crippen LogP contribution in [0.4, 0.5) is 5.82 Å². The van der Waals surface area contributed by atoms with E-state index < -0.39 is 0 Å². The van der Waals surface area contributed by atoms with Crippen molar-refractivity contribution in [2.24, 2.45) is 0 Å². The Morgan fingerprint density at radius 1 is 1.23 bits per heavy atom. The molecule has 0 aromatic carbocycles. The number of aryl methyl sites for hydroxylation is 1. The topological polar surface area (TPSA) is 49.6 Å². The van der Waals surface area contributed by atoms with Crippen molar-refractivity contribution in [3.8, 4) is 0 Å². The van der Waals surface area contributed by atoms with E-state index in [1.807, 2.05) is 11.4 Å². The second kappa shape index (κ2) is 5.66. The molecule has 1 saturated heterocycles. The number of anilines is 1. The Labute approximate surface area is 133 Å². The van der Waals surface area contributed by atoms with Crippen molar-refractivity contribution in [1.82, 2.24) is 24.5 Å². The van der Waals surface area contributed by atoms with Gasteiger partial charge in [-0.25, -0.2) is 4.98 Å². The molecule has 0 saturated carbocycles. The molecular weight excluding hydrogens is 296 g/mol. The molecule has 3 aromatic heterocycles. The second-order valence-corrected chi connectivity index (χ2v) is 6.40. The molecule has 1 aliphatic rings. The van der Waals surface area contributed by atoms with Crippen molar-refractivity contribution >= 4 is 22.9 Å². The highest BCUT2D eigenvalue weighted by Crippen LogP contribution is 2.19. The minimum absolute atomic E-state index is 0.677. The molecule has 0 amide bonds. The zero-order valence-electron chi connectivity index (χ0n) is 12.5. The van der Waals surface area contributed by atoms with Crippen molar-refractivity contribution in [2.75, 3.05) is 31.1 Å². The summed E-state index contributed by atoms with van der Waals surface area (Å²) >= 11 is 1.77. The number of hydrogen-bond acceptors (Lipinski definition) is 6. The molecule has 4 rings (SSSR count). The molecule has 0 atom stereocenters. The molecule has 1 fully saturated rings. The van der Waals surface area contributed by atoms with Gasteiger partial charge in [-0.3, -0.25) is 4.90 Å². The molecule has 4 heterocycles. The summed E-state index contributed by atoms with van der Waals surface area (Å²) in [6, 6.07) is 4.30. The maximum atomic E-state index is 4.41. The van der Waals surface area contributed by atoms with Gasteiger partial charge in [0, 0.05) is 44.5 Å². The summed E-state index contributed by atoms with van der Waals surface area (Å²) < 4.78 is 1.83. The third-order valence-electron chi connectivity index (χ3n) is 4.04. The SMILES string of the molecule is Cc1cc(N2CCN(Cc3ccsc3)CC2)n2ncnc2n1. The fourth-order valence-corrected chi connectivity index (χ4v) is 3.57. The van der Waals surface area contributed by atoms with Crippen LogP contribution >= 0.6 is 11.3 Å². The summed E-state index contributed by atoms with van der Waals surface area (Å²) in [5.41, 5.74) is 2.40. The van der Waals surface area contributed by atoms with Gasteiger partial charge in [-0.05, 0) is 29.3 Å². The quantitative estimate of drug-likeness (QED) is 0.738. The van der Waals surface area contributed by atoms with Gasteiger partial charge < -0.3 is 4.90 Å². The Kier molecular flexibility index (Phi) is 3.51. The molecule has 114 valence electrons. The first-order valence-corrected chi connectivity index (χ1v) is 8.39. The van der Waals surface area contributed by atoms with E-state index in [0.717, 1.165) is 44.2 Å². The van der Waals surface area contributed by atoms with Crippen LogP contribution in [0.3, 0.4) is 0 Å². The molecule has 0 bridgehead atoms. The van der Waals surface area contributed by atoms with Gasteiger partial charge in [0.1, 0.15) is 12.1 Å². The van der Waals surface area contributed by atoms with E-state index in [0.29, 0.717) is 5.78 Å². The Hall–Kier alpha value is -1.99. The maximum Gasteiger partial charge on any atom is 0.254 e. The zero-order valence-corrected chi connectivity index (χ0v) is 13.3. The predicted octanol–water partition coefficient (Wildman–Crippen LogP) is 1.82. The number of piperazine rings is 1. The van der Waals surface area contributed by atoms with E-state index in [1.54, 1.807) is 17.7 Å². The van der Waals surface area contributed by atoms with Gasteiger partial charge in [-0.1, -0.05) is 0 Å². The van der Waals surface area contributed by atoms with E-state index in [4.69, 9.17) is 0 Å². The summed E-state index contributed by atoms with van der Waals surface area (Å²) in [5, 5.41) is 8.68. The van der Waals surface area contributed by atoms with Crippen molar-refractivity contribution in [2.45, 2.75) is 13.5 Å². The van der Waals surface area contributed by atoms with Crippen LogP contribution in [0.5, 0.6) is 0 Å². The van der Waals surface area contributed by atoms with Crippen LogP contribution in [-0.2, 0) is 6.54 Å². The number of aromatic nitrogens is 4. The van der Waals surface area contributed by atoms with Gasteiger partial charge >= 0.3 is 0 Å². The maximum absolute atomic E-state index is 4.41. The third kappa shape index (κ3) is 2.57. The third-order valence-corrected chi connectivity index (χ3v) is 4.78. The minimum Gasteiger partial charge on any atom is -0.354 e. The normalized spacial score (nSPS) is 16.5. The summed E-state index contributed by atoms with van der Waals surface area (Å²) in [6.45, 7) is 7.18. The first kappa shape index (κ1) is 13.7. The summed E-state index contributed by atoms with van der Waals surface area (Å²) in [6.07, 6.45) is 1.57. The lowest BCUT2D eigenvalue weighted by atomic mass is 10.2. The minimum atomic E-state index is 0.677. The predicted molar refractivity (Wildman–Crippen MR) is 87.3 cm³/mol. The number of fused-ring (bicyclic) bond motifs is 1. The molecule has 0 aliphatic carbocycles. The van der Waals surface area contributed by atoms with Crippen LogP contribution < -0.4 is 4.90 Å². The van der Waals surface area contributed by atoms with E-state index in [9.17, 15) is 0 Å². The Morgan fingerprint density at radius 3 is 2.86 bits per heavy atom.